The number of nitrogens with zero attached hydrogens (tertiary/aromatic N) is 3. The maximum absolute atomic E-state index is 5.79. The fraction of sp³-hybridized carbons (Fsp3) is 0.412. The lowest BCUT2D eigenvalue weighted by Crippen LogP contribution is -2.08. The lowest BCUT2D eigenvalue weighted by Gasteiger charge is -2.14. The van der Waals surface area contributed by atoms with E-state index in [0.29, 0.717) is 5.95 Å². The third kappa shape index (κ3) is 5.02. The summed E-state index contributed by atoms with van der Waals surface area (Å²) in [6, 6.07) is 5.71. The Balaban J connectivity index is 2.30. The van der Waals surface area contributed by atoms with E-state index in [1.165, 1.54) is 4.68 Å². The Labute approximate surface area is 136 Å². The molecular weight excluding hydrogens is 292 g/mol. The van der Waals surface area contributed by atoms with Gasteiger partial charge in [-0.15, -0.1) is 0 Å². The molecule has 6 heteroatoms. The normalized spacial score (nSPS) is 11.6. The summed E-state index contributed by atoms with van der Waals surface area (Å²) >= 11 is 0. The molecular formula is C17H24N4O2. The van der Waals surface area contributed by atoms with Crippen molar-refractivity contribution in [3.8, 4) is 11.5 Å². The van der Waals surface area contributed by atoms with E-state index in [0.717, 1.165) is 22.8 Å². The minimum atomic E-state index is 0.0843. The summed E-state index contributed by atoms with van der Waals surface area (Å²) in [6.45, 7) is 9.81. The SMILES string of the molecule is Cc1cn(N=Cc2cc(OC(C)C)cc(OC(C)C)c2)c(N)n1. The number of aromatic nitrogens is 2. The number of imidazole rings is 1. The third-order valence-corrected chi connectivity index (χ3v) is 2.81. The molecule has 2 N–H and O–H groups in total. The van der Waals surface area contributed by atoms with Gasteiger partial charge in [0.2, 0.25) is 5.95 Å². The number of rotatable bonds is 6. The van der Waals surface area contributed by atoms with Gasteiger partial charge in [0, 0.05) is 11.6 Å². The summed E-state index contributed by atoms with van der Waals surface area (Å²) in [5.41, 5.74) is 7.47. The number of ether oxygens (including phenoxy) is 2. The van der Waals surface area contributed by atoms with Crippen molar-refractivity contribution >= 4 is 12.2 Å². The fourth-order valence-electron chi connectivity index (χ4n) is 2.07. The largest absolute Gasteiger partial charge is 0.491 e. The van der Waals surface area contributed by atoms with E-state index in [2.05, 4.69) is 10.1 Å². The van der Waals surface area contributed by atoms with Gasteiger partial charge in [0.15, 0.2) is 0 Å². The summed E-state index contributed by atoms with van der Waals surface area (Å²) in [5, 5.41) is 4.33. The number of anilines is 1. The van der Waals surface area contributed by atoms with Gasteiger partial charge in [0.05, 0.1) is 30.3 Å². The van der Waals surface area contributed by atoms with Crippen molar-refractivity contribution in [1.29, 1.82) is 0 Å². The third-order valence-electron chi connectivity index (χ3n) is 2.81. The first-order chi connectivity index (χ1) is 10.8. The van der Waals surface area contributed by atoms with E-state index in [4.69, 9.17) is 15.2 Å². The Kier molecular flexibility index (Phi) is 5.26. The first-order valence-electron chi connectivity index (χ1n) is 7.67. The summed E-state index contributed by atoms with van der Waals surface area (Å²) in [6.07, 6.45) is 3.64. The van der Waals surface area contributed by atoms with Crippen molar-refractivity contribution in [1.82, 2.24) is 9.66 Å². The lowest BCUT2D eigenvalue weighted by molar-refractivity contribution is 0.229. The summed E-state index contributed by atoms with van der Waals surface area (Å²) < 4.78 is 13.1. The Morgan fingerprint density at radius 1 is 1.09 bits per heavy atom. The van der Waals surface area contributed by atoms with Crippen LogP contribution in [0.1, 0.15) is 39.0 Å². The van der Waals surface area contributed by atoms with E-state index < -0.39 is 0 Å². The Bertz CT molecular complexity index is 662. The summed E-state index contributed by atoms with van der Waals surface area (Å²) in [7, 11) is 0. The molecule has 0 radical (unpaired) electrons. The first kappa shape index (κ1) is 16.9. The molecule has 2 aromatic rings. The van der Waals surface area contributed by atoms with Gasteiger partial charge in [-0.25, -0.2) is 9.66 Å². The van der Waals surface area contributed by atoms with Crippen molar-refractivity contribution < 1.29 is 9.47 Å². The topological polar surface area (TPSA) is 74.7 Å². The van der Waals surface area contributed by atoms with Gasteiger partial charge >= 0.3 is 0 Å². The molecule has 0 aliphatic heterocycles. The van der Waals surface area contributed by atoms with Crippen LogP contribution < -0.4 is 15.2 Å². The van der Waals surface area contributed by atoms with Crippen LogP contribution in [0.3, 0.4) is 0 Å². The van der Waals surface area contributed by atoms with Gasteiger partial charge in [-0.05, 0) is 46.8 Å². The number of benzene rings is 1. The highest BCUT2D eigenvalue weighted by Crippen LogP contribution is 2.24. The van der Waals surface area contributed by atoms with E-state index in [9.17, 15) is 0 Å². The van der Waals surface area contributed by atoms with Crippen LogP contribution in [-0.4, -0.2) is 28.1 Å². The quantitative estimate of drug-likeness (QED) is 0.830. The Hall–Kier alpha value is -2.50. The van der Waals surface area contributed by atoms with Crippen molar-refractivity contribution in [3.63, 3.8) is 0 Å². The van der Waals surface area contributed by atoms with Crippen LogP contribution >= 0.6 is 0 Å². The summed E-state index contributed by atoms with van der Waals surface area (Å²) in [4.78, 5) is 4.11. The average molecular weight is 316 g/mol. The molecule has 124 valence electrons. The molecule has 0 unspecified atom stereocenters. The van der Waals surface area contributed by atoms with E-state index >= 15 is 0 Å². The molecule has 1 aromatic heterocycles. The highest BCUT2D eigenvalue weighted by atomic mass is 16.5. The minimum Gasteiger partial charge on any atom is -0.491 e. The Morgan fingerprint density at radius 3 is 2.09 bits per heavy atom. The monoisotopic (exact) mass is 316 g/mol. The highest BCUT2D eigenvalue weighted by Gasteiger charge is 2.06. The van der Waals surface area contributed by atoms with Crippen LogP contribution in [-0.2, 0) is 0 Å². The van der Waals surface area contributed by atoms with Crippen LogP contribution in [0.4, 0.5) is 5.95 Å². The molecule has 6 nitrogen and oxygen atoms in total. The average Bonchev–Trinajstić information content (AvgIpc) is 2.73. The maximum atomic E-state index is 5.79. The van der Waals surface area contributed by atoms with E-state index in [-0.39, 0.29) is 12.2 Å². The second-order valence-electron chi connectivity index (χ2n) is 5.90. The van der Waals surface area contributed by atoms with Crippen LogP contribution in [0.5, 0.6) is 11.5 Å². The zero-order chi connectivity index (χ0) is 17.0. The first-order valence-corrected chi connectivity index (χ1v) is 7.67. The molecule has 1 heterocycles. The lowest BCUT2D eigenvalue weighted by atomic mass is 10.2. The molecule has 0 fully saturated rings. The highest BCUT2D eigenvalue weighted by molar-refractivity contribution is 5.81. The van der Waals surface area contributed by atoms with Gasteiger partial charge in [-0.2, -0.15) is 5.10 Å². The van der Waals surface area contributed by atoms with Crippen LogP contribution in [0.15, 0.2) is 29.5 Å². The van der Waals surface area contributed by atoms with Crippen LogP contribution in [0.2, 0.25) is 0 Å². The number of hydrogen-bond donors (Lipinski definition) is 1. The molecule has 0 amide bonds. The van der Waals surface area contributed by atoms with Crippen molar-refractivity contribution in [2.45, 2.75) is 46.8 Å². The van der Waals surface area contributed by atoms with Gasteiger partial charge in [0.25, 0.3) is 0 Å². The van der Waals surface area contributed by atoms with Gasteiger partial charge in [0.1, 0.15) is 11.5 Å². The van der Waals surface area contributed by atoms with E-state index in [1.807, 2.05) is 52.8 Å². The van der Waals surface area contributed by atoms with Crippen molar-refractivity contribution in [3.05, 3.63) is 35.7 Å². The molecule has 0 spiro atoms. The number of hydrogen-bond acceptors (Lipinski definition) is 5. The molecule has 0 atom stereocenters. The molecule has 1 aromatic carbocycles. The maximum Gasteiger partial charge on any atom is 0.221 e. The second-order valence-corrected chi connectivity index (χ2v) is 5.90. The zero-order valence-corrected chi connectivity index (χ0v) is 14.3. The van der Waals surface area contributed by atoms with Gasteiger partial charge < -0.3 is 15.2 Å². The predicted octanol–water partition coefficient (Wildman–Crippen LogP) is 3.23. The standard InChI is InChI=1S/C17H24N4O2/c1-11(2)22-15-6-14(7-16(8-15)23-12(3)4)9-19-21-10-13(5)20-17(21)18/h6-12H,1-5H3,(H2,18,20). The second kappa shape index (κ2) is 7.17. The Morgan fingerprint density at radius 2 is 1.65 bits per heavy atom. The minimum absolute atomic E-state index is 0.0843. The number of nitrogens with two attached hydrogens (primary N) is 1. The fourth-order valence-corrected chi connectivity index (χ4v) is 2.07. The summed E-state index contributed by atoms with van der Waals surface area (Å²) in [5.74, 6) is 1.84. The van der Waals surface area contributed by atoms with Crippen LogP contribution in [0.25, 0.3) is 0 Å². The number of nitrogen functional groups attached to an aromatic ring is 1. The number of aryl methyl sites for hydroxylation is 1. The molecule has 0 aliphatic carbocycles. The molecule has 0 aliphatic rings. The smallest absolute Gasteiger partial charge is 0.221 e. The van der Waals surface area contributed by atoms with E-state index in [1.54, 1.807) is 12.4 Å². The van der Waals surface area contributed by atoms with Crippen molar-refractivity contribution in [2.24, 2.45) is 5.10 Å². The molecule has 23 heavy (non-hydrogen) atoms. The molecule has 0 saturated heterocycles. The molecule has 0 saturated carbocycles. The van der Waals surface area contributed by atoms with Crippen molar-refractivity contribution in [2.75, 3.05) is 5.73 Å². The van der Waals surface area contributed by atoms with Gasteiger partial charge in [-0.1, -0.05) is 0 Å². The molecule has 0 bridgehead atoms. The molecule has 2 rings (SSSR count). The zero-order valence-electron chi connectivity index (χ0n) is 14.3. The van der Waals surface area contributed by atoms with Crippen LogP contribution in [0, 0.1) is 6.92 Å². The predicted molar refractivity (Wildman–Crippen MR) is 92.3 cm³/mol. The van der Waals surface area contributed by atoms with Gasteiger partial charge in [-0.3, -0.25) is 0 Å².